The zero-order valence-corrected chi connectivity index (χ0v) is 9.50. The summed E-state index contributed by atoms with van der Waals surface area (Å²) < 4.78 is 26.0. The van der Waals surface area contributed by atoms with Crippen LogP contribution in [0.25, 0.3) is 0 Å². The molecule has 90 valence electrons. The van der Waals surface area contributed by atoms with Crippen LogP contribution >= 0.6 is 0 Å². The predicted octanol–water partition coefficient (Wildman–Crippen LogP) is 2.15. The van der Waals surface area contributed by atoms with Crippen LogP contribution in [0.15, 0.2) is 12.3 Å². The number of aromatic nitrogens is 1. The SMILES string of the molecule is CC(C)C(CCN)Nc1ncc(F)cc1F. The summed E-state index contributed by atoms with van der Waals surface area (Å²) in [6.45, 7) is 4.53. The molecular formula is C11H17F2N3. The highest BCUT2D eigenvalue weighted by molar-refractivity contribution is 5.37. The van der Waals surface area contributed by atoms with E-state index in [0.29, 0.717) is 12.5 Å². The van der Waals surface area contributed by atoms with Gasteiger partial charge in [-0.3, -0.25) is 0 Å². The fourth-order valence-electron chi connectivity index (χ4n) is 1.45. The Morgan fingerprint density at radius 1 is 1.44 bits per heavy atom. The lowest BCUT2D eigenvalue weighted by Gasteiger charge is -2.22. The lowest BCUT2D eigenvalue weighted by Crippen LogP contribution is -2.29. The van der Waals surface area contributed by atoms with Crippen molar-refractivity contribution >= 4 is 5.82 Å². The summed E-state index contributed by atoms with van der Waals surface area (Å²) in [5, 5.41) is 2.94. The Kier molecular flexibility index (Phi) is 4.61. The van der Waals surface area contributed by atoms with E-state index in [1.807, 2.05) is 13.8 Å². The molecule has 0 radical (unpaired) electrons. The minimum atomic E-state index is -0.678. The average molecular weight is 229 g/mol. The second kappa shape index (κ2) is 5.75. The summed E-state index contributed by atoms with van der Waals surface area (Å²) >= 11 is 0. The van der Waals surface area contributed by atoms with Gasteiger partial charge >= 0.3 is 0 Å². The van der Waals surface area contributed by atoms with E-state index in [2.05, 4.69) is 10.3 Å². The molecule has 16 heavy (non-hydrogen) atoms. The first kappa shape index (κ1) is 12.8. The van der Waals surface area contributed by atoms with Crippen LogP contribution in [-0.4, -0.2) is 17.6 Å². The third-order valence-electron chi connectivity index (χ3n) is 2.41. The number of rotatable bonds is 5. The summed E-state index contributed by atoms with van der Waals surface area (Å²) in [7, 11) is 0. The van der Waals surface area contributed by atoms with Gasteiger partial charge in [-0.25, -0.2) is 13.8 Å². The van der Waals surface area contributed by atoms with Gasteiger partial charge in [-0.2, -0.15) is 0 Å². The average Bonchev–Trinajstić information content (AvgIpc) is 2.20. The monoisotopic (exact) mass is 229 g/mol. The van der Waals surface area contributed by atoms with E-state index < -0.39 is 11.6 Å². The van der Waals surface area contributed by atoms with Gasteiger partial charge in [-0.05, 0) is 18.9 Å². The van der Waals surface area contributed by atoms with Crippen molar-refractivity contribution in [2.75, 3.05) is 11.9 Å². The van der Waals surface area contributed by atoms with Crippen molar-refractivity contribution in [2.24, 2.45) is 11.7 Å². The smallest absolute Gasteiger partial charge is 0.168 e. The second-order valence-corrected chi connectivity index (χ2v) is 4.06. The van der Waals surface area contributed by atoms with Gasteiger partial charge in [0.1, 0.15) is 5.82 Å². The number of halogens is 2. The largest absolute Gasteiger partial charge is 0.365 e. The minimum Gasteiger partial charge on any atom is -0.365 e. The quantitative estimate of drug-likeness (QED) is 0.813. The third-order valence-corrected chi connectivity index (χ3v) is 2.41. The van der Waals surface area contributed by atoms with Crippen molar-refractivity contribution in [3.63, 3.8) is 0 Å². The predicted molar refractivity (Wildman–Crippen MR) is 60.1 cm³/mol. The van der Waals surface area contributed by atoms with Crippen LogP contribution in [0.4, 0.5) is 14.6 Å². The number of nitrogens with two attached hydrogens (primary N) is 1. The van der Waals surface area contributed by atoms with Gasteiger partial charge in [-0.15, -0.1) is 0 Å². The Morgan fingerprint density at radius 3 is 2.62 bits per heavy atom. The highest BCUT2D eigenvalue weighted by Gasteiger charge is 2.15. The van der Waals surface area contributed by atoms with Gasteiger partial charge in [0.05, 0.1) is 6.20 Å². The van der Waals surface area contributed by atoms with Crippen LogP contribution in [0.3, 0.4) is 0 Å². The number of nitrogens with zero attached hydrogens (tertiary/aromatic N) is 1. The molecule has 0 aliphatic heterocycles. The Labute approximate surface area is 94.1 Å². The van der Waals surface area contributed by atoms with E-state index in [1.54, 1.807) is 0 Å². The van der Waals surface area contributed by atoms with Gasteiger partial charge < -0.3 is 11.1 Å². The van der Waals surface area contributed by atoms with Crippen LogP contribution < -0.4 is 11.1 Å². The molecule has 1 unspecified atom stereocenters. The first-order chi connectivity index (χ1) is 7.54. The first-order valence-electron chi connectivity index (χ1n) is 5.32. The molecule has 3 N–H and O–H groups in total. The Balaban J connectivity index is 2.77. The van der Waals surface area contributed by atoms with Gasteiger partial charge in [0.15, 0.2) is 11.6 Å². The molecule has 1 rings (SSSR count). The van der Waals surface area contributed by atoms with E-state index in [0.717, 1.165) is 18.7 Å². The molecule has 1 heterocycles. The zero-order chi connectivity index (χ0) is 12.1. The van der Waals surface area contributed by atoms with Gasteiger partial charge in [0.2, 0.25) is 0 Å². The lowest BCUT2D eigenvalue weighted by molar-refractivity contribution is 0.491. The minimum absolute atomic E-state index is 0.0393. The molecule has 1 aromatic rings. The maximum Gasteiger partial charge on any atom is 0.168 e. The van der Waals surface area contributed by atoms with E-state index in [-0.39, 0.29) is 11.9 Å². The Hall–Kier alpha value is -1.23. The molecule has 0 spiro atoms. The van der Waals surface area contributed by atoms with Crippen LogP contribution in [0.1, 0.15) is 20.3 Å². The topological polar surface area (TPSA) is 50.9 Å². The van der Waals surface area contributed by atoms with Crippen LogP contribution in [-0.2, 0) is 0 Å². The Morgan fingerprint density at radius 2 is 2.12 bits per heavy atom. The maximum atomic E-state index is 13.3. The van der Waals surface area contributed by atoms with Crippen LogP contribution in [0, 0.1) is 17.6 Å². The van der Waals surface area contributed by atoms with E-state index in [9.17, 15) is 8.78 Å². The number of hydrogen-bond acceptors (Lipinski definition) is 3. The molecule has 5 heteroatoms. The molecule has 0 saturated carbocycles. The van der Waals surface area contributed by atoms with E-state index in [1.165, 1.54) is 0 Å². The van der Waals surface area contributed by atoms with Crippen molar-refractivity contribution < 1.29 is 8.78 Å². The normalized spacial score (nSPS) is 12.9. The number of hydrogen-bond donors (Lipinski definition) is 2. The molecule has 3 nitrogen and oxygen atoms in total. The van der Waals surface area contributed by atoms with Crippen molar-refractivity contribution in [3.8, 4) is 0 Å². The second-order valence-electron chi connectivity index (χ2n) is 4.06. The first-order valence-corrected chi connectivity index (χ1v) is 5.32. The summed E-state index contributed by atoms with van der Waals surface area (Å²) in [5.41, 5.74) is 5.47. The fourth-order valence-corrected chi connectivity index (χ4v) is 1.45. The zero-order valence-electron chi connectivity index (χ0n) is 9.50. The number of pyridine rings is 1. The van der Waals surface area contributed by atoms with Crippen molar-refractivity contribution in [1.29, 1.82) is 0 Å². The van der Waals surface area contributed by atoms with E-state index in [4.69, 9.17) is 5.73 Å². The highest BCUT2D eigenvalue weighted by atomic mass is 19.1. The summed E-state index contributed by atoms with van der Waals surface area (Å²) in [6, 6.07) is 0.854. The van der Waals surface area contributed by atoms with Gasteiger partial charge in [0, 0.05) is 12.1 Å². The lowest BCUT2D eigenvalue weighted by atomic mass is 10.0. The molecule has 1 atom stereocenters. The Bertz CT molecular complexity index is 342. The molecule has 1 aromatic heterocycles. The summed E-state index contributed by atoms with van der Waals surface area (Å²) in [5.74, 6) is -0.978. The summed E-state index contributed by atoms with van der Waals surface area (Å²) in [4.78, 5) is 3.68. The number of nitrogens with one attached hydrogen (secondary N) is 1. The third kappa shape index (κ3) is 3.41. The molecule has 0 aliphatic carbocycles. The summed E-state index contributed by atoms with van der Waals surface area (Å²) in [6.07, 6.45) is 1.71. The standard InChI is InChI=1S/C11H17F2N3/c1-7(2)10(3-4-14)16-11-9(13)5-8(12)6-15-11/h5-7,10H,3-4,14H2,1-2H3,(H,15,16). The molecule has 0 bridgehead atoms. The van der Waals surface area contributed by atoms with Crippen molar-refractivity contribution in [3.05, 3.63) is 23.9 Å². The van der Waals surface area contributed by atoms with Crippen molar-refractivity contribution in [2.45, 2.75) is 26.3 Å². The molecule has 0 amide bonds. The molecule has 0 saturated heterocycles. The van der Waals surface area contributed by atoms with Crippen molar-refractivity contribution in [1.82, 2.24) is 4.98 Å². The molecule has 0 fully saturated rings. The van der Waals surface area contributed by atoms with Crippen LogP contribution in [0.5, 0.6) is 0 Å². The highest BCUT2D eigenvalue weighted by Crippen LogP contribution is 2.16. The number of anilines is 1. The van der Waals surface area contributed by atoms with E-state index >= 15 is 0 Å². The molecule has 0 aromatic carbocycles. The van der Waals surface area contributed by atoms with Gasteiger partial charge in [-0.1, -0.05) is 13.8 Å². The maximum absolute atomic E-state index is 13.3. The molecule has 0 aliphatic rings. The van der Waals surface area contributed by atoms with Gasteiger partial charge in [0.25, 0.3) is 0 Å². The van der Waals surface area contributed by atoms with Crippen LogP contribution in [0.2, 0.25) is 0 Å². The fraction of sp³-hybridized carbons (Fsp3) is 0.545. The molecular weight excluding hydrogens is 212 g/mol.